The van der Waals surface area contributed by atoms with Gasteiger partial charge >= 0.3 is 5.97 Å². The molecule has 1 aliphatic heterocycles. The molecule has 1 saturated heterocycles. The highest BCUT2D eigenvalue weighted by Crippen LogP contribution is 2.26. The van der Waals surface area contributed by atoms with Crippen LogP contribution in [0.2, 0.25) is 0 Å². The number of sulfonamides is 1. The fourth-order valence-electron chi connectivity index (χ4n) is 2.69. The number of carboxylic acid groups (broad SMARTS) is 1. The zero-order valence-electron chi connectivity index (χ0n) is 13.4. The third-order valence-electron chi connectivity index (χ3n) is 4.01. The number of rotatable bonds is 6. The lowest BCUT2D eigenvalue weighted by molar-refractivity contribution is -0.125. The third kappa shape index (κ3) is 4.59. The first-order valence-electron chi connectivity index (χ1n) is 7.67. The number of aromatic carboxylic acids is 1. The monoisotopic (exact) mass is 386 g/mol. The highest BCUT2D eigenvalue weighted by atomic mass is 35.5. The molecule has 1 aromatic carbocycles. The summed E-state index contributed by atoms with van der Waals surface area (Å²) in [5.74, 6) is -1.79. The van der Waals surface area contributed by atoms with Gasteiger partial charge < -0.3 is 10.4 Å². The second-order valence-electron chi connectivity index (χ2n) is 5.71. The quantitative estimate of drug-likeness (QED) is 0.773. The fourth-order valence-corrected chi connectivity index (χ4v) is 4.41. The van der Waals surface area contributed by atoms with Gasteiger partial charge in [-0.05, 0) is 25.0 Å². The zero-order chi connectivity index (χ0) is 18.6. The van der Waals surface area contributed by atoms with E-state index in [2.05, 4.69) is 11.9 Å². The van der Waals surface area contributed by atoms with Gasteiger partial charge in [0.05, 0.1) is 17.0 Å². The van der Waals surface area contributed by atoms with Crippen LogP contribution in [0.25, 0.3) is 0 Å². The lowest BCUT2D eigenvalue weighted by atomic mass is 9.97. The largest absolute Gasteiger partial charge is 0.478 e. The first-order chi connectivity index (χ1) is 11.7. The first kappa shape index (κ1) is 19.4. The Labute approximate surface area is 151 Å². The number of hydrogen-bond acceptors (Lipinski definition) is 4. The Bertz CT molecular complexity index is 785. The number of carboxylic acids is 1. The van der Waals surface area contributed by atoms with Crippen LogP contribution in [-0.4, -0.2) is 49.3 Å². The van der Waals surface area contributed by atoms with Crippen LogP contribution in [0.3, 0.4) is 0 Å². The summed E-state index contributed by atoms with van der Waals surface area (Å²) in [6.45, 7) is 3.96. The molecule has 1 aromatic rings. The second-order valence-corrected chi connectivity index (χ2v) is 8.16. The van der Waals surface area contributed by atoms with Gasteiger partial charge in [0.15, 0.2) is 0 Å². The minimum Gasteiger partial charge on any atom is -0.478 e. The number of amides is 1. The Morgan fingerprint density at radius 2 is 1.88 bits per heavy atom. The smallest absolute Gasteiger partial charge is 0.337 e. The molecule has 9 heteroatoms. The topological polar surface area (TPSA) is 104 Å². The molecule has 136 valence electrons. The van der Waals surface area contributed by atoms with Crippen molar-refractivity contribution in [3.05, 3.63) is 41.4 Å². The van der Waals surface area contributed by atoms with Crippen LogP contribution in [0.4, 0.5) is 0 Å². The molecule has 0 unspecified atom stereocenters. The van der Waals surface area contributed by atoms with Crippen LogP contribution in [0.15, 0.2) is 40.8 Å². The van der Waals surface area contributed by atoms with E-state index in [1.165, 1.54) is 28.6 Å². The molecule has 0 aromatic heterocycles. The van der Waals surface area contributed by atoms with Gasteiger partial charge in [-0.1, -0.05) is 30.3 Å². The average Bonchev–Trinajstić information content (AvgIpc) is 2.59. The van der Waals surface area contributed by atoms with Gasteiger partial charge in [-0.25, -0.2) is 13.2 Å². The Morgan fingerprint density at radius 3 is 2.44 bits per heavy atom. The van der Waals surface area contributed by atoms with E-state index in [0.717, 1.165) is 0 Å². The van der Waals surface area contributed by atoms with E-state index >= 15 is 0 Å². The van der Waals surface area contributed by atoms with Crippen molar-refractivity contribution in [2.75, 3.05) is 19.6 Å². The molecule has 0 atom stereocenters. The van der Waals surface area contributed by atoms with Gasteiger partial charge in [-0.2, -0.15) is 4.31 Å². The summed E-state index contributed by atoms with van der Waals surface area (Å²) >= 11 is 5.61. The van der Waals surface area contributed by atoms with Gasteiger partial charge in [-0.15, -0.1) is 0 Å². The Morgan fingerprint density at radius 1 is 1.28 bits per heavy atom. The van der Waals surface area contributed by atoms with Crippen molar-refractivity contribution >= 4 is 33.5 Å². The van der Waals surface area contributed by atoms with Crippen LogP contribution in [0.5, 0.6) is 0 Å². The summed E-state index contributed by atoms with van der Waals surface area (Å²) in [6, 6.07) is 5.50. The zero-order valence-corrected chi connectivity index (χ0v) is 15.0. The van der Waals surface area contributed by atoms with E-state index in [-0.39, 0.29) is 41.9 Å². The SMILES string of the molecule is C=C(Cl)CNC(=O)C1CCN(S(=O)(=O)c2ccccc2C(=O)O)CC1. The van der Waals surface area contributed by atoms with E-state index in [4.69, 9.17) is 11.6 Å². The first-order valence-corrected chi connectivity index (χ1v) is 9.48. The van der Waals surface area contributed by atoms with E-state index in [9.17, 15) is 23.1 Å². The molecule has 1 amide bonds. The molecule has 7 nitrogen and oxygen atoms in total. The number of nitrogens with one attached hydrogen (secondary N) is 1. The average molecular weight is 387 g/mol. The molecular weight excluding hydrogens is 368 g/mol. The highest BCUT2D eigenvalue weighted by Gasteiger charge is 2.34. The lowest BCUT2D eigenvalue weighted by Gasteiger charge is -2.30. The van der Waals surface area contributed by atoms with Crippen LogP contribution in [-0.2, 0) is 14.8 Å². The van der Waals surface area contributed by atoms with Gasteiger partial charge in [0.1, 0.15) is 0 Å². The standard InChI is InChI=1S/C16H19ClN2O5S/c1-11(17)10-18-15(20)12-6-8-19(9-7-12)25(23,24)14-5-3-2-4-13(14)16(21)22/h2-5,12H,1,6-10H2,(H,18,20)(H,21,22). The molecule has 0 saturated carbocycles. The number of benzene rings is 1. The number of carbonyl (C=O) groups excluding carboxylic acids is 1. The molecule has 0 aliphatic carbocycles. The molecule has 0 spiro atoms. The van der Waals surface area contributed by atoms with Crippen molar-refractivity contribution in [2.45, 2.75) is 17.7 Å². The van der Waals surface area contributed by atoms with Crippen molar-refractivity contribution in [3.63, 3.8) is 0 Å². The Balaban J connectivity index is 2.08. The van der Waals surface area contributed by atoms with Crippen molar-refractivity contribution < 1.29 is 23.1 Å². The third-order valence-corrected chi connectivity index (χ3v) is 6.10. The lowest BCUT2D eigenvalue weighted by Crippen LogP contribution is -2.43. The van der Waals surface area contributed by atoms with Crippen LogP contribution >= 0.6 is 11.6 Å². The van der Waals surface area contributed by atoms with Gasteiger partial charge in [-0.3, -0.25) is 4.79 Å². The Kier molecular flexibility index (Phi) is 6.21. The van der Waals surface area contributed by atoms with Crippen molar-refractivity contribution in [1.82, 2.24) is 9.62 Å². The van der Waals surface area contributed by atoms with E-state index in [1.807, 2.05) is 0 Å². The molecule has 2 rings (SSSR count). The maximum atomic E-state index is 12.7. The maximum absolute atomic E-state index is 12.7. The minimum absolute atomic E-state index is 0.149. The molecule has 2 N–H and O–H groups in total. The summed E-state index contributed by atoms with van der Waals surface area (Å²) in [5, 5.41) is 12.2. The maximum Gasteiger partial charge on any atom is 0.337 e. The van der Waals surface area contributed by atoms with Crippen molar-refractivity contribution in [2.24, 2.45) is 5.92 Å². The minimum atomic E-state index is -3.93. The molecule has 25 heavy (non-hydrogen) atoms. The summed E-state index contributed by atoms with van der Waals surface area (Å²) in [5.41, 5.74) is -0.261. The van der Waals surface area contributed by atoms with Crippen LogP contribution < -0.4 is 5.32 Å². The van der Waals surface area contributed by atoms with E-state index < -0.39 is 16.0 Å². The van der Waals surface area contributed by atoms with Crippen molar-refractivity contribution in [1.29, 1.82) is 0 Å². The number of nitrogens with zero attached hydrogens (tertiary/aromatic N) is 1. The van der Waals surface area contributed by atoms with Gasteiger partial charge in [0, 0.05) is 24.0 Å². The number of halogens is 1. The van der Waals surface area contributed by atoms with E-state index in [0.29, 0.717) is 17.9 Å². The van der Waals surface area contributed by atoms with Gasteiger partial charge in [0.2, 0.25) is 15.9 Å². The predicted molar refractivity (Wildman–Crippen MR) is 92.9 cm³/mol. The normalized spacial score (nSPS) is 16.4. The summed E-state index contributed by atoms with van der Waals surface area (Å²) in [7, 11) is -3.93. The molecule has 1 heterocycles. The summed E-state index contributed by atoms with van der Waals surface area (Å²) in [6.07, 6.45) is 0.712. The van der Waals surface area contributed by atoms with Gasteiger partial charge in [0.25, 0.3) is 0 Å². The van der Waals surface area contributed by atoms with Crippen LogP contribution in [0, 0.1) is 5.92 Å². The number of piperidine rings is 1. The summed E-state index contributed by atoms with van der Waals surface area (Å²) in [4.78, 5) is 23.0. The number of hydrogen-bond donors (Lipinski definition) is 2. The van der Waals surface area contributed by atoms with E-state index in [1.54, 1.807) is 0 Å². The molecule has 0 bridgehead atoms. The Hall–Kier alpha value is -1.90. The second kappa shape index (κ2) is 7.99. The molecule has 1 aliphatic rings. The molecule has 0 radical (unpaired) electrons. The fraction of sp³-hybridized carbons (Fsp3) is 0.375. The molecule has 1 fully saturated rings. The number of carbonyl (C=O) groups is 2. The van der Waals surface area contributed by atoms with Crippen molar-refractivity contribution in [3.8, 4) is 0 Å². The molecular formula is C16H19ClN2O5S. The van der Waals surface area contributed by atoms with Crippen LogP contribution in [0.1, 0.15) is 23.2 Å². The predicted octanol–water partition coefficient (Wildman–Crippen LogP) is 1.65. The summed E-state index contributed by atoms with van der Waals surface area (Å²) < 4.78 is 26.7. The highest BCUT2D eigenvalue weighted by molar-refractivity contribution is 7.89.